The van der Waals surface area contributed by atoms with Gasteiger partial charge < -0.3 is 10.2 Å². The van der Waals surface area contributed by atoms with Gasteiger partial charge >= 0.3 is 0 Å². The Morgan fingerprint density at radius 3 is 1.67 bits per heavy atom. The van der Waals surface area contributed by atoms with Gasteiger partial charge in [0.05, 0.1) is 0 Å². The summed E-state index contributed by atoms with van der Waals surface area (Å²) in [6.07, 6.45) is 0. The highest BCUT2D eigenvalue weighted by Crippen LogP contribution is 2.32. The van der Waals surface area contributed by atoms with Crippen molar-refractivity contribution in [3.63, 3.8) is 0 Å². The molecule has 0 aromatic rings. The Hall–Kier alpha value is 0.500. The molecule has 2 nitrogen and oxygen atoms in total. The van der Waals surface area contributed by atoms with Gasteiger partial charge in [-0.3, -0.25) is 0 Å². The molecule has 2 N–H and O–H groups in total. The first-order valence-corrected chi connectivity index (χ1v) is 3.42. The summed E-state index contributed by atoms with van der Waals surface area (Å²) in [5, 5.41) is 15.4. The van der Waals surface area contributed by atoms with E-state index in [-0.39, 0.29) is 5.88 Å². The maximum Gasteiger partial charge on any atom is 0.249 e. The maximum atomic E-state index is 8.78. The molecule has 0 bridgehead atoms. The highest BCUT2D eigenvalue weighted by molar-refractivity contribution is 6.23. The van der Waals surface area contributed by atoms with Crippen molar-refractivity contribution in [2.24, 2.45) is 5.41 Å². The number of aliphatic hydroxyl groups is 2. The lowest BCUT2D eigenvalue weighted by molar-refractivity contribution is -0.155. The van der Waals surface area contributed by atoms with Crippen LogP contribution in [0.15, 0.2) is 0 Å². The normalized spacial score (nSPS) is 14.0. The molecule has 0 aromatic heterocycles. The van der Waals surface area contributed by atoms with Crippen LogP contribution in [0.1, 0.15) is 13.8 Å². The van der Waals surface area contributed by atoms with Crippen LogP contribution in [0.3, 0.4) is 0 Å². The molecular weight excluding hydrogens is 163 g/mol. The molecule has 0 aliphatic rings. The topological polar surface area (TPSA) is 40.5 Å². The van der Waals surface area contributed by atoms with Crippen LogP contribution in [0.25, 0.3) is 0 Å². The summed E-state index contributed by atoms with van der Waals surface area (Å²) in [5.74, 6) is 0.101. The van der Waals surface area contributed by atoms with Gasteiger partial charge in [-0.05, 0) is 0 Å². The van der Waals surface area contributed by atoms with E-state index in [1.54, 1.807) is 13.8 Å². The summed E-state index contributed by atoms with van der Waals surface area (Å²) in [6.45, 7) is 3.12. The third-order valence-electron chi connectivity index (χ3n) is 1.20. The van der Waals surface area contributed by atoms with E-state index in [1.807, 2.05) is 0 Å². The molecule has 56 valence electrons. The first kappa shape index (κ1) is 9.50. The van der Waals surface area contributed by atoms with E-state index in [9.17, 15) is 0 Å². The number of alkyl halides is 2. The van der Waals surface area contributed by atoms with Crippen molar-refractivity contribution in [3.8, 4) is 0 Å². The van der Waals surface area contributed by atoms with E-state index < -0.39 is 10.7 Å². The van der Waals surface area contributed by atoms with Crippen LogP contribution in [0, 0.1) is 5.41 Å². The molecule has 0 rings (SSSR count). The van der Waals surface area contributed by atoms with Gasteiger partial charge in [0.1, 0.15) is 0 Å². The van der Waals surface area contributed by atoms with Gasteiger partial charge in [0.25, 0.3) is 0 Å². The first-order chi connectivity index (χ1) is 3.81. The fourth-order valence-corrected chi connectivity index (χ4v) is 0.407. The Labute approximate surface area is 64.4 Å². The van der Waals surface area contributed by atoms with Crippen molar-refractivity contribution in [2.45, 2.75) is 19.1 Å². The Kier molecular flexibility index (Phi) is 2.77. The maximum absolute atomic E-state index is 8.78. The van der Waals surface area contributed by atoms with Crippen LogP contribution in [0.2, 0.25) is 0 Å². The third kappa shape index (κ3) is 2.30. The average Bonchev–Trinajstić information content (AvgIpc) is 1.64. The van der Waals surface area contributed by atoms with E-state index in [2.05, 4.69) is 0 Å². The number of halogens is 2. The van der Waals surface area contributed by atoms with Gasteiger partial charge in [0.2, 0.25) is 5.25 Å². The SMILES string of the molecule is CC(C)(CCl)C(O)(O)Cl. The molecule has 0 fully saturated rings. The van der Waals surface area contributed by atoms with Crippen molar-refractivity contribution in [3.05, 3.63) is 0 Å². The standard InChI is InChI=1S/C5H10Cl2O2/c1-4(2,3-6)5(7,8)9/h8-9H,3H2,1-2H3. The Morgan fingerprint density at radius 2 is 1.67 bits per heavy atom. The Balaban J connectivity index is 4.14. The molecule has 0 radical (unpaired) electrons. The second-order valence-corrected chi connectivity index (χ2v) is 3.40. The predicted molar refractivity (Wildman–Crippen MR) is 37.5 cm³/mol. The minimum atomic E-state index is -2.21. The predicted octanol–water partition coefficient (Wildman–Crippen LogP) is 1.13. The van der Waals surface area contributed by atoms with Crippen LogP contribution in [0.4, 0.5) is 0 Å². The Morgan fingerprint density at radius 1 is 1.33 bits per heavy atom. The summed E-state index contributed by atoms with van der Waals surface area (Å²) in [4.78, 5) is 0. The quantitative estimate of drug-likeness (QED) is 0.485. The van der Waals surface area contributed by atoms with Gasteiger partial charge in [-0.1, -0.05) is 25.4 Å². The number of hydrogen-bond acceptors (Lipinski definition) is 2. The highest BCUT2D eigenvalue weighted by atomic mass is 35.5. The minimum Gasteiger partial charge on any atom is -0.353 e. The third-order valence-corrected chi connectivity index (χ3v) is 2.37. The lowest BCUT2D eigenvalue weighted by Gasteiger charge is -2.30. The van der Waals surface area contributed by atoms with Gasteiger partial charge in [-0.2, -0.15) is 0 Å². The summed E-state index contributed by atoms with van der Waals surface area (Å²) in [5.41, 5.74) is -0.879. The molecule has 0 aromatic carbocycles. The zero-order valence-electron chi connectivity index (χ0n) is 5.36. The lowest BCUT2D eigenvalue weighted by Crippen LogP contribution is -2.40. The van der Waals surface area contributed by atoms with E-state index in [1.165, 1.54) is 0 Å². The smallest absolute Gasteiger partial charge is 0.249 e. The van der Waals surface area contributed by atoms with Gasteiger partial charge in [-0.15, -0.1) is 11.6 Å². The van der Waals surface area contributed by atoms with Gasteiger partial charge in [0, 0.05) is 11.3 Å². The van der Waals surface area contributed by atoms with Crippen molar-refractivity contribution in [1.82, 2.24) is 0 Å². The lowest BCUT2D eigenvalue weighted by atomic mass is 9.95. The average molecular weight is 173 g/mol. The molecular formula is C5H10Cl2O2. The molecule has 9 heavy (non-hydrogen) atoms. The summed E-state index contributed by atoms with van der Waals surface area (Å²) in [6, 6.07) is 0. The second kappa shape index (κ2) is 2.62. The molecule has 0 aliphatic heterocycles. The van der Waals surface area contributed by atoms with E-state index in [0.29, 0.717) is 0 Å². The van der Waals surface area contributed by atoms with Crippen molar-refractivity contribution in [1.29, 1.82) is 0 Å². The monoisotopic (exact) mass is 172 g/mol. The van der Waals surface area contributed by atoms with Gasteiger partial charge in [0.15, 0.2) is 0 Å². The molecule has 0 aliphatic carbocycles. The van der Waals surface area contributed by atoms with Crippen LogP contribution in [-0.4, -0.2) is 21.3 Å². The zero-order chi connectivity index (χ0) is 7.71. The van der Waals surface area contributed by atoms with Crippen LogP contribution in [-0.2, 0) is 0 Å². The minimum absolute atomic E-state index is 0.101. The van der Waals surface area contributed by atoms with E-state index in [4.69, 9.17) is 33.4 Å². The van der Waals surface area contributed by atoms with E-state index >= 15 is 0 Å². The van der Waals surface area contributed by atoms with Crippen molar-refractivity contribution < 1.29 is 10.2 Å². The molecule has 0 unspecified atom stereocenters. The summed E-state index contributed by atoms with van der Waals surface area (Å²) < 4.78 is 0. The number of rotatable bonds is 2. The fourth-order valence-electron chi connectivity index (χ4n) is 0.0850. The molecule has 0 saturated carbocycles. The van der Waals surface area contributed by atoms with Crippen molar-refractivity contribution >= 4 is 23.2 Å². The van der Waals surface area contributed by atoms with Gasteiger partial charge in [-0.25, -0.2) is 0 Å². The summed E-state index contributed by atoms with van der Waals surface area (Å²) in [7, 11) is 0. The second-order valence-electron chi connectivity index (χ2n) is 2.60. The molecule has 4 heteroatoms. The highest BCUT2D eigenvalue weighted by Gasteiger charge is 2.39. The largest absolute Gasteiger partial charge is 0.353 e. The first-order valence-electron chi connectivity index (χ1n) is 2.51. The Bertz CT molecular complexity index is 95.6. The molecule has 0 atom stereocenters. The van der Waals surface area contributed by atoms with E-state index in [0.717, 1.165) is 0 Å². The fraction of sp³-hybridized carbons (Fsp3) is 1.00. The van der Waals surface area contributed by atoms with Crippen LogP contribution < -0.4 is 0 Å². The molecule has 0 saturated heterocycles. The van der Waals surface area contributed by atoms with Crippen LogP contribution >= 0.6 is 23.2 Å². The molecule has 0 spiro atoms. The number of hydrogen-bond donors (Lipinski definition) is 2. The summed E-state index contributed by atoms with van der Waals surface area (Å²) >= 11 is 10.5. The van der Waals surface area contributed by atoms with Crippen molar-refractivity contribution in [2.75, 3.05) is 5.88 Å². The molecule has 0 amide bonds. The van der Waals surface area contributed by atoms with Crippen LogP contribution in [0.5, 0.6) is 0 Å². The molecule has 0 heterocycles. The zero-order valence-corrected chi connectivity index (χ0v) is 6.87.